The van der Waals surface area contributed by atoms with Crippen LogP contribution in [0.4, 0.5) is 4.79 Å². The summed E-state index contributed by atoms with van der Waals surface area (Å²) in [7, 11) is 0. The molecule has 118 valence electrons. The molecule has 0 spiro atoms. The van der Waals surface area contributed by atoms with E-state index in [9.17, 15) is 15.0 Å². The summed E-state index contributed by atoms with van der Waals surface area (Å²) in [5, 5.41) is 22.5. The maximum absolute atomic E-state index is 11.4. The maximum Gasteiger partial charge on any atom is 0.407 e. The van der Waals surface area contributed by atoms with Gasteiger partial charge in [-0.15, -0.1) is 0 Å². The van der Waals surface area contributed by atoms with Gasteiger partial charge in [0.1, 0.15) is 0 Å². The van der Waals surface area contributed by atoms with Gasteiger partial charge in [0.2, 0.25) is 0 Å². The number of aliphatic hydroxyl groups is 1. The number of hydrogen-bond donors (Lipinski definition) is 2. The van der Waals surface area contributed by atoms with Gasteiger partial charge in [-0.05, 0) is 23.9 Å². The molecule has 0 aliphatic carbocycles. The average Bonchev–Trinajstić information content (AvgIpc) is 2.50. The lowest BCUT2D eigenvalue weighted by Gasteiger charge is -2.33. The molecule has 0 bridgehead atoms. The number of azide groups is 1. The van der Waals surface area contributed by atoms with Crippen LogP contribution in [0, 0.1) is 0 Å². The molecule has 8 nitrogen and oxygen atoms in total. The number of carbonyl (C=O) groups is 1. The van der Waals surface area contributed by atoms with Crippen LogP contribution in [0.2, 0.25) is 0 Å². The monoisotopic (exact) mass is 306 g/mol. The highest BCUT2D eigenvalue weighted by atomic mass is 16.6. The first-order chi connectivity index (χ1) is 10.6. The van der Waals surface area contributed by atoms with E-state index in [-0.39, 0.29) is 13.1 Å². The van der Waals surface area contributed by atoms with Gasteiger partial charge in [-0.3, -0.25) is 0 Å². The largest absolute Gasteiger partial charge is 0.465 e. The van der Waals surface area contributed by atoms with Crippen molar-refractivity contribution in [3.63, 3.8) is 0 Å². The Balaban J connectivity index is 1.94. The van der Waals surface area contributed by atoms with Crippen LogP contribution < -0.4 is 0 Å². The first-order valence-electron chi connectivity index (χ1n) is 6.99. The van der Waals surface area contributed by atoms with Gasteiger partial charge in [-0.1, -0.05) is 35.4 Å². The molecule has 0 aromatic heterocycles. The van der Waals surface area contributed by atoms with E-state index in [4.69, 9.17) is 10.3 Å². The number of aliphatic hydroxyl groups excluding tert-OH is 1. The fourth-order valence-electron chi connectivity index (χ4n) is 2.43. The molecule has 1 aliphatic heterocycles. The van der Waals surface area contributed by atoms with Crippen LogP contribution in [0.15, 0.2) is 35.4 Å². The normalized spacial score (nSPS) is 24.3. The fraction of sp³-hybridized carbons (Fsp3) is 0.500. The van der Waals surface area contributed by atoms with Crippen molar-refractivity contribution in [2.45, 2.75) is 37.8 Å². The third kappa shape index (κ3) is 4.36. The summed E-state index contributed by atoms with van der Waals surface area (Å²) in [6.07, 6.45) is -1.66. The van der Waals surface area contributed by atoms with Crippen molar-refractivity contribution in [2.24, 2.45) is 5.11 Å². The molecule has 0 saturated carbocycles. The van der Waals surface area contributed by atoms with Gasteiger partial charge in [0.05, 0.1) is 18.7 Å². The minimum absolute atomic E-state index is 0.157. The van der Waals surface area contributed by atoms with Gasteiger partial charge in [-0.25, -0.2) is 4.79 Å². The van der Waals surface area contributed by atoms with E-state index in [1.807, 2.05) is 30.3 Å². The molecule has 3 atom stereocenters. The van der Waals surface area contributed by atoms with Crippen LogP contribution in [-0.2, 0) is 11.3 Å². The second kappa shape index (κ2) is 7.65. The van der Waals surface area contributed by atoms with Crippen LogP contribution >= 0.6 is 0 Å². The van der Waals surface area contributed by atoms with Gasteiger partial charge in [0.15, 0.2) is 6.29 Å². The zero-order valence-corrected chi connectivity index (χ0v) is 11.9. The number of rotatable bonds is 5. The van der Waals surface area contributed by atoms with Crippen LogP contribution in [0.25, 0.3) is 10.4 Å². The molecular weight excluding hydrogens is 288 g/mol. The van der Waals surface area contributed by atoms with E-state index >= 15 is 0 Å². The van der Waals surface area contributed by atoms with Crippen LogP contribution in [0.3, 0.4) is 0 Å². The Morgan fingerprint density at radius 1 is 1.41 bits per heavy atom. The molecule has 0 radical (unpaired) electrons. The maximum atomic E-state index is 11.4. The zero-order chi connectivity index (χ0) is 15.9. The third-order valence-electron chi connectivity index (χ3n) is 3.56. The van der Waals surface area contributed by atoms with E-state index < -0.39 is 24.5 Å². The molecule has 22 heavy (non-hydrogen) atoms. The Morgan fingerprint density at radius 3 is 2.73 bits per heavy atom. The molecule has 1 saturated heterocycles. The van der Waals surface area contributed by atoms with Crippen molar-refractivity contribution in [3.8, 4) is 0 Å². The van der Waals surface area contributed by atoms with Crippen LogP contribution in [0.5, 0.6) is 0 Å². The quantitative estimate of drug-likeness (QED) is 0.493. The van der Waals surface area contributed by atoms with E-state index in [0.29, 0.717) is 12.8 Å². The molecule has 1 amide bonds. The Morgan fingerprint density at radius 2 is 2.14 bits per heavy atom. The Bertz CT molecular complexity index is 547. The van der Waals surface area contributed by atoms with E-state index in [1.54, 1.807) is 0 Å². The summed E-state index contributed by atoms with van der Waals surface area (Å²) < 4.78 is 5.36. The minimum atomic E-state index is -1.19. The second-order valence-electron chi connectivity index (χ2n) is 5.15. The van der Waals surface area contributed by atoms with Crippen LogP contribution in [-0.4, -0.2) is 46.2 Å². The molecule has 1 aromatic carbocycles. The third-order valence-corrected chi connectivity index (χ3v) is 3.56. The molecule has 2 rings (SSSR count). The first-order valence-corrected chi connectivity index (χ1v) is 6.99. The summed E-state index contributed by atoms with van der Waals surface area (Å²) in [6, 6.07) is 8.65. The smallest absolute Gasteiger partial charge is 0.407 e. The number of carboxylic acid groups (broad SMARTS) is 1. The van der Waals surface area contributed by atoms with Gasteiger partial charge >= 0.3 is 6.09 Å². The van der Waals surface area contributed by atoms with E-state index in [0.717, 1.165) is 5.56 Å². The standard InChI is InChI=1S/C14H18N4O4/c15-17-16-12-7-6-11(22-13(12)19)9-18(14(20)21)8-10-4-2-1-3-5-10/h1-5,11-13,19H,6-9H2,(H,20,21)/t11-,12+,13?/m0/s1. The van der Waals surface area contributed by atoms with Crippen molar-refractivity contribution in [1.82, 2.24) is 4.90 Å². The van der Waals surface area contributed by atoms with Gasteiger partial charge in [0, 0.05) is 11.5 Å². The molecule has 2 N–H and O–H groups in total. The van der Waals surface area contributed by atoms with Crippen molar-refractivity contribution in [1.29, 1.82) is 0 Å². The highest BCUT2D eigenvalue weighted by molar-refractivity contribution is 5.65. The summed E-state index contributed by atoms with van der Waals surface area (Å²) in [5.41, 5.74) is 9.27. The highest BCUT2D eigenvalue weighted by Crippen LogP contribution is 2.22. The average molecular weight is 306 g/mol. The number of ether oxygens (including phenoxy) is 1. The molecule has 1 heterocycles. The lowest BCUT2D eigenvalue weighted by Crippen LogP contribution is -2.44. The van der Waals surface area contributed by atoms with Crippen LogP contribution in [0.1, 0.15) is 18.4 Å². The summed E-state index contributed by atoms with van der Waals surface area (Å²) in [6.45, 7) is 0.413. The van der Waals surface area contributed by atoms with E-state index in [2.05, 4.69) is 10.0 Å². The van der Waals surface area contributed by atoms with Crippen molar-refractivity contribution < 1.29 is 19.7 Å². The highest BCUT2D eigenvalue weighted by Gasteiger charge is 2.31. The Hall–Kier alpha value is -2.28. The number of benzene rings is 1. The molecule has 1 fully saturated rings. The van der Waals surface area contributed by atoms with Gasteiger partial charge in [-0.2, -0.15) is 0 Å². The topological polar surface area (TPSA) is 119 Å². The van der Waals surface area contributed by atoms with Gasteiger partial charge in [0.25, 0.3) is 0 Å². The predicted octanol–water partition coefficient (Wildman–Crippen LogP) is 2.34. The molecule has 8 heteroatoms. The summed E-state index contributed by atoms with van der Waals surface area (Å²) in [5.74, 6) is 0. The zero-order valence-electron chi connectivity index (χ0n) is 11.9. The lowest BCUT2D eigenvalue weighted by molar-refractivity contribution is -0.175. The van der Waals surface area contributed by atoms with Crippen molar-refractivity contribution >= 4 is 6.09 Å². The summed E-state index contributed by atoms with van der Waals surface area (Å²) >= 11 is 0. The number of hydrogen-bond acceptors (Lipinski definition) is 4. The minimum Gasteiger partial charge on any atom is -0.465 e. The Labute approximate surface area is 127 Å². The fourth-order valence-corrected chi connectivity index (χ4v) is 2.43. The molecular formula is C14H18N4O4. The van der Waals surface area contributed by atoms with Crippen molar-refractivity contribution in [3.05, 3.63) is 46.3 Å². The predicted molar refractivity (Wildman–Crippen MR) is 77.9 cm³/mol. The SMILES string of the molecule is [N-]=[N+]=N[C@@H]1CC[C@@H](CN(Cc2ccccc2)C(=O)O)OC1O. The molecule has 1 aromatic rings. The van der Waals surface area contributed by atoms with E-state index in [1.165, 1.54) is 4.90 Å². The second-order valence-corrected chi connectivity index (χ2v) is 5.15. The summed E-state index contributed by atoms with van der Waals surface area (Å²) in [4.78, 5) is 15.3. The molecule has 1 aliphatic rings. The Kier molecular flexibility index (Phi) is 5.60. The first kappa shape index (κ1) is 16.1. The molecule has 1 unspecified atom stereocenters. The van der Waals surface area contributed by atoms with Crippen molar-refractivity contribution in [2.75, 3.05) is 6.54 Å². The van der Waals surface area contributed by atoms with Gasteiger partial charge < -0.3 is 19.8 Å². The number of nitrogens with zero attached hydrogens (tertiary/aromatic N) is 4. The number of amides is 1. The lowest BCUT2D eigenvalue weighted by atomic mass is 10.0.